The quantitative estimate of drug-likeness (QED) is 0.573. The Hall–Kier alpha value is -2.07. The molecule has 2 fully saturated rings. The average Bonchev–Trinajstić information content (AvgIpc) is 3.36. The highest BCUT2D eigenvalue weighted by molar-refractivity contribution is 5.96. The standard InChI is InChI=1S/C22H28N2O2/c1-16-9-11-17(12-10-16)22-15-19(22)21(23-25-14-6-13-24(2)3)18-7-4-5-8-20(18)26-22/h4-5,8-12,18-19H,6-7,13-15H2,1-3H3. The second-order valence-electron chi connectivity index (χ2n) is 7.91. The van der Waals surface area contributed by atoms with E-state index >= 15 is 0 Å². The molecule has 0 N–H and O–H groups in total. The monoisotopic (exact) mass is 352 g/mol. The topological polar surface area (TPSA) is 34.1 Å². The lowest BCUT2D eigenvalue weighted by Crippen LogP contribution is -2.34. The van der Waals surface area contributed by atoms with Crippen molar-refractivity contribution in [2.45, 2.75) is 31.8 Å². The summed E-state index contributed by atoms with van der Waals surface area (Å²) in [4.78, 5) is 7.89. The first-order chi connectivity index (χ1) is 12.6. The van der Waals surface area contributed by atoms with E-state index in [0.717, 1.165) is 37.3 Å². The van der Waals surface area contributed by atoms with Crippen LogP contribution in [0.4, 0.5) is 0 Å². The predicted octanol–water partition coefficient (Wildman–Crippen LogP) is 4.02. The summed E-state index contributed by atoms with van der Waals surface area (Å²) in [7, 11) is 4.16. The molecule has 3 unspecified atom stereocenters. The number of fused-ring (bicyclic) bond motifs is 2. The number of hydrogen-bond acceptors (Lipinski definition) is 4. The van der Waals surface area contributed by atoms with Crippen LogP contribution in [0.25, 0.3) is 0 Å². The molecule has 0 radical (unpaired) electrons. The molecule has 3 aliphatic rings. The summed E-state index contributed by atoms with van der Waals surface area (Å²) in [5, 5.41) is 4.62. The summed E-state index contributed by atoms with van der Waals surface area (Å²) in [6.45, 7) is 3.79. The third kappa shape index (κ3) is 3.18. The molecule has 26 heavy (non-hydrogen) atoms. The smallest absolute Gasteiger partial charge is 0.143 e. The molecule has 1 saturated heterocycles. The molecule has 0 amide bonds. The van der Waals surface area contributed by atoms with Crippen molar-refractivity contribution >= 4 is 5.71 Å². The van der Waals surface area contributed by atoms with E-state index in [9.17, 15) is 0 Å². The largest absolute Gasteiger partial charge is 0.485 e. The lowest BCUT2D eigenvalue weighted by molar-refractivity contribution is 0.0545. The molecule has 1 heterocycles. The molecule has 1 aliphatic heterocycles. The van der Waals surface area contributed by atoms with E-state index in [-0.39, 0.29) is 11.5 Å². The Kier molecular flexibility index (Phi) is 4.62. The Morgan fingerprint density at radius 2 is 2.08 bits per heavy atom. The van der Waals surface area contributed by atoms with E-state index in [1.807, 2.05) is 0 Å². The van der Waals surface area contributed by atoms with Crippen molar-refractivity contribution in [2.75, 3.05) is 27.2 Å². The van der Waals surface area contributed by atoms with Crippen LogP contribution in [0.2, 0.25) is 0 Å². The average molecular weight is 352 g/mol. The first-order valence-electron chi connectivity index (χ1n) is 9.57. The highest BCUT2D eigenvalue weighted by atomic mass is 16.6. The van der Waals surface area contributed by atoms with Gasteiger partial charge in [0.15, 0.2) is 0 Å². The van der Waals surface area contributed by atoms with Crippen LogP contribution in [-0.2, 0) is 15.2 Å². The second-order valence-corrected chi connectivity index (χ2v) is 7.91. The van der Waals surface area contributed by atoms with Crippen molar-refractivity contribution in [2.24, 2.45) is 17.0 Å². The number of hydrogen-bond donors (Lipinski definition) is 0. The Labute approximate surface area is 156 Å². The molecule has 2 aliphatic carbocycles. The number of allylic oxidation sites excluding steroid dienone is 4. The summed E-state index contributed by atoms with van der Waals surface area (Å²) in [6.07, 6.45) is 9.31. The maximum Gasteiger partial charge on any atom is 0.143 e. The van der Waals surface area contributed by atoms with Crippen molar-refractivity contribution in [1.29, 1.82) is 0 Å². The Morgan fingerprint density at radius 3 is 2.85 bits per heavy atom. The van der Waals surface area contributed by atoms with Gasteiger partial charge in [-0.2, -0.15) is 0 Å². The zero-order chi connectivity index (χ0) is 18.1. The Balaban J connectivity index is 1.54. The van der Waals surface area contributed by atoms with Crippen molar-refractivity contribution in [3.63, 3.8) is 0 Å². The number of nitrogens with zero attached hydrogens (tertiary/aromatic N) is 2. The third-order valence-corrected chi connectivity index (χ3v) is 5.59. The van der Waals surface area contributed by atoms with E-state index in [1.54, 1.807) is 0 Å². The van der Waals surface area contributed by atoms with Crippen LogP contribution < -0.4 is 0 Å². The van der Waals surface area contributed by atoms with Crippen LogP contribution in [0.15, 0.2) is 53.4 Å². The number of benzene rings is 1. The lowest BCUT2D eigenvalue weighted by atomic mass is 9.86. The van der Waals surface area contributed by atoms with Crippen LogP contribution in [0.5, 0.6) is 0 Å². The lowest BCUT2D eigenvalue weighted by Gasteiger charge is -2.34. The van der Waals surface area contributed by atoms with Crippen LogP contribution in [0.3, 0.4) is 0 Å². The van der Waals surface area contributed by atoms with Gasteiger partial charge in [0.25, 0.3) is 0 Å². The number of ether oxygens (including phenoxy) is 1. The normalized spacial score (nSPS) is 30.5. The SMILES string of the molecule is Cc1ccc(C23CC2C(=NOCCCN(C)C)C2CC=CC=C2O3)cc1. The van der Waals surface area contributed by atoms with Crippen LogP contribution in [0.1, 0.15) is 30.4 Å². The molecule has 138 valence electrons. The van der Waals surface area contributed by atoms with Crippen molar-refractivity contribution in [3.8, 4) is 0 Å². The molecule has 1 aromatic rings. The van der Waals surface area contributed by atoms with Gasteiger partial charge in [0.1, 0.15) is 18.0 Å². The number of rotatable bonds is 6. The van der Waals surface area contributed by atoms with Gasteiger partial charge in [0.05, 0.1) is 11.6 Å². The van der Waals surface area contributed by atoms with Gasteiger partial charge in [-0.05, 0) is 45.5 Å². The number of oxime groups is 1. The van der Waals surface area contributed by atoms with Crippen LogP contribution >= 0.6 is 0 Å². The Morgan fingerprint density at radius 1 is 1.27 bits per heavy atom. The predicted molar refractivity (Wildman–Crippen MR) is 104 cm³/mol. The minimum absolute atomic E-state index is 0.236. The summed E-state index contributed by atoms with van der Waals surface area (Å²) in [5.74, 6) is 1.60. The zero-order valence-electron chi connectivity index (χ0n) is 15.9. The molecule has 4 nitrogen and oxygen atoms in total. The zero-order valence-corrected chi connectivity index (χ0v) is 15.9. The van der Waals surface area contributed by atoms with E-state index < -0.39 is 0 Å². The van der Waals surface area contributed by atoms with Gasteiger partial charge in [-0.25, -0.2) is 0 Å². The summed E-state index contributed by atoms with van der Waals surface area (Å²) in [6, 6.07) is 8.73. The van der Waals surface area contributed by atoms with Crippen molar-refractivity contribution in [3.05, 3.63) is 59.4 Å². The molecule has 0 spiro atoms. The van der Waals surface area contributed by atoms with Gasteiger partial charge in [0, 0.05) is 18.9 Å². The van der Waals surface area contributed by atoms with Gasteiger partial charge in [-0.15, -0.1) is 0 Å². The molecule has 1 aromatic carbocycles. The molecular formula is C22H28N2O2. The third-order valence-electron chi connectivity index (χ3n) is 5.59. The maximum atomic E-state index is 6.53. The van der Waals surface area contributed by atoms with Gasteiger partial charge < -0.3 is 14.5 Å². The van der Waals surface area contributed by atoms with Gasteiger partial charge >= 0.3 is 0 Å². The van der Waals surface area contributed by atoms with Gasteiger partial charge in [-0.1, -0.05) is 47.1 Å². The molecule has 4 heteroatoms. The van der Waals surface area contributed by atoms with Gasteiger partial charge in [-0.3, -0.25) is 0 Å². The molecule has 1 saturated carbocycles. The fraction of sp³-hybridized carbons (Fsp3) is 0.500. The molecule has 0 aromatic heterocycles. The molecular weight excluding hydrogens is 324 g/mol. The minimum Gasteiger partial charge on any atom is -0.485 e. The van der Waals surface area contributed by atoms with E-state index in [4.69, 9.17) is 9.57 Å². The van der Waals surface area contributed by atoms with Crippen molar-refractivity contribution in [1.82, 2.24) is 4.90 Å². The molecule has 4 rings (SSSR count). The molecule has 0 bridgehead atoms. The molecule has 3 atom stereocenters. The highest BCUT2D eigenvalue weighted by Crippen LogP contribution is 2.62. The van der Waals surface area contributed by atoms with E-state index in [2.05, 4.69) is 73.6 Å². The van der Waals surface area contributed by atoms with Crippen LogP contribution in [0, 0.1) is 18.8 Å². The fourth-order valence-corrected chi connectivity index (χ4v) is 4.04. The van der Waals surface area contributed by atoms with E-state index in [0.29, 0.717) is 12.5 Å². The van der Waals surface area contributed by atoms with Crippen LogP contribution in [-0.4, -0.2) is 37.9 Å². The summed E-state index contributed by atoms with van der Waals surface area (Å²) in [5.41, 5.74) is 3.45. The van der Waals surface area contributed by atoms with E-state index in [1.165, 1.54) is 11.1 Å². The Bertz CT molecular complexity index is 748. The van der Waals surface area contributed by atoms with Gasteiger partial charge in [0.2, 0.25) is 0 Å². The summed E-state index contributed by atoms with van der Waals surface area (Å²) >= 11 is 0. The second kappa shape index (κ2) is 6.92. The maximum absolute atomic E-state index is 6.53. The first kappa shape index (κ1) is 17.3. The van der Waals surface area contributed by atoms with Crippen molar-refractivity contribution < 1.29 is 9.57 Å². The fourth-order valence-electron chi connectivity index (χ4n) is 4.04. The highest BCUT2D eigenvalue weighted by Gasteiger charge is 2.65. The number of aryl methyl sites for hydroxylation is 1. The first-order valence-corrected chi connectivity index (χ1v) is 9.57. The minimum atomic E-state index is -0.243. The summed E-state index contributed by atoms with van der Waals surface area (Å²) < 4.78 is 6.53.